The molecule has 0 radical (unpaired) electrons. The highest BCUT2D eigenvalue weighted by Crippen LogP contribution is 2.40. The molecular weight excluding hydrogens is 430 g/mol. The lowest BCUT2D eigenvalue weighted by Crippen LogP contribution is -2.36. The largest absolute Gasteiger partial charge is 0.493 e. The molecule has 8 heteroatoms. The maximum absolute atomic E-state index is 5.60. The highest BCUT2D eigenvalue weighted by atomic mass is 16.5. The van der Waals surface area contributed by atoms with Crippen molar-refractivity contribution in [1.29, 1.82) is 0 Å². The predicted octanol–water partition coefficient (Wildman–Crippen LogP) is 4.85. The zero-order chi connectivity index (χ0) is 24.9. The second-order valence-electron chi connectivity index (χ2n) is 9.73. The first kappa shape index (κ1) is 25.5. The van der Waals surface area contributed by atoms with Gasteiger partial charge in [0.15, 0.2) is 17.3 Å². The van der Waals surface area contributed by atoms with Crippen LogP contribution in [0.15, 0.2) is 42.5 Å². The first-order chi connectivity index (χ1) is 16.2. The van der Waals surface area contributed by atoms with Crippen LogP contribution in [0.2, 0.25) is 0 Å². The minimum Gasteiger partial charge on any atom is -0.493 e. The van der Waals surface area contributed by atoms with Crippen molar-refractivity contribution in [1.82, 2.24) is 25.1 Å². The second kappa shape index (κ2) is 10.9. The van der Waals surface area contributed by atoms with Crippen molar-refractivity contribution in [3.63, 3.8) is 0 Å². The summed E-state index contributed by atoms with van der Waals surface area (Å²) in [5, 5.41) is 12.9. The summed E-state index contributed by atoms with van der Waals surface area (Å²) in [5.74, 6) is 2.97. The summed E-state index contributed by atoms with van der Waals surface area (Å²) >= 11 is 0. The Morgan fingerprint density at radius 2 is 1.47 bits per heavy atom. The molecule has 1 heterocycles. The highest BCUT2D eigenvalue weighted by molar-refractivity contribution is 5.53. The number of ether oxygens (including phenoxy) is 3. The summed E-state index contributed by atoms with van der Waals surface area (Å²) in [5.41, 5.74) is 2.03. The molecule has 34 heavy (non-hydrogen) atoms. The fourth-order valence-corrected chi connectivity index (χ4v) is 4.27. The summed E-state index contributed by atoms with van der Waals surface area (Å²) < 4.78 is 18.7. The van der Waals surface area contributed by atoms with E-state index in [1.165, 1.54) is 5.56 Å². The van der Waals surface area contributed by atoms with Crippen LogP contribution in [0.1, 0.15) is 57.6 Å². The van der Waals surface area contributed by atoms with Crippen LogP contribution in [0.4, 0.5) is 0 Å². The number of rotatable bonds is 10. The summed E-state index contributed by atoms with van der Waals surface area (Å²) in [6.45, 7) is 12.1. The van der Waals surface area contributed by atoms with Crippen LogP contribution in [0.3, 0.4) is 0 Å². The summed E-state index contributed by atoms with van der Waals surface area (Å²) in [6, 6.07) is 14.4. The van der Waals surface area contributed by atoms with Crippen molar-refractivity contribution in [2.24, 2.45) is 5.92 Å². The molecule has 0 amide bonds. The van der Waals surface area contributed by atoms with E-state index >= 15 is 0 Å². The van der Waals surface area contributed by atoms with E-state index in [9.17, 15) is 0 Å². The van der Waals surface area contributed by atoms with Crippen molar-refractivity contribution < 1.29 is 14.2 Å². The molecule has 184 valence electrons. The van der Waals surface area contributed by atoms with Crippen LogP contribution in [0.5, 0.6) is 17.2 Å². The molecule has 0 saturated carbocycles. The molecule has 1 aromatic heterocycles. The van der Waals surface area contributed by atoms with Gasteiger partial charge in [0.25, 0.3) is 0 Å². The summed E-state index contributed by atoms with van der Waals surface area (Å²) in [4.78, 5) is 2.41. The average molecular weight is 468 g/mol. The van der Waals surface area contributed by atoms with E-state index in [-0.39, 0.29) is 17.5 Å². The topological polar surface area (TPSA) is 74.5 Å². The van der Waals surface area contributed by atoms with Crippen LogP contribution in [-0.4, -0.2) is 46.4 Å². The Bertz CT molecular complexity index is 1030. The van der Waals surface area contributed by atoms with Gasteiger partial charge in [0.1, 0.15) is 0 Å². The highest BCUT2D eigenvalue weighted by Gasteiger charge is 2.32. The van der Waals surface area contributed by atoms with E-state index in [4.69, 9.17) is 14.2 Å². The van der Waals surface area contributed by atoms with Crippen LogP contribution in [-0.2, 0) is 18.6 Å². The third kappa shape index (κ3) is 5.67. The van der Waals surface area contributed by atoms with Gasteiger partial charge in [-0.1, -0.05) is 44.2 Å². The molecule has 0 spiro atoms. The quantitative estimate of drug-likeness (QED) is 0.422. The maximum Gasteiger partial charge on any atom is 0.203 e. The Balaban J connectivity index is 2.09. The summed E-state index contributed by atoms with van der Waals surface area (Å²) in [6.07, 6.45) is 0. The molecule has 1 unspecified atom stereocenters. The molecule has 0 aliphatic heterocycles. The predicted molar refractivity (Wildman–Crippen MR) is 132 cm³/mol. The van der Waals surface area contributed by atoms with Crippen LogP contribution >= 0.6 is 0 Å². The van der Waals surface area contributed by atoms with Crippen molar-refractivity contribution >= 4 is 0 Å². The lowest BCUT2D eigenvalue weighted by atomic mass is 9.98. The molecule has 2 aromatic carbocycles. The molecule has 3 rings (SSSR count). The van der Waals surface area contributed by atoms with Crippen molar-refractivity contribution in [2.75, 3.05) is 21.3 Å². The Labute approximate surface area is 202 Å². The standard InChI is InChI=1S/C26H37N5O3/c1-18(2)23(25-27-28-29-31(25)26(3,4)5)30(16-19-12-10-9-11-13-19)17-20-14-21(32-6)24(34-8)22(15-20)33-7/h9-15,18,23H,16-17H2,1-8H3. The van der Waals surface area contributed by atoms with Gasteiger partial charge in [-0.3, -0.25) is 4.90 Å². The number of hydrogen-bond acceptors (Lipinski definition) is 7. The number of aromatic nitrogens is 4. The molecule has 3 aromatic rings. The van der Waals surface area contributed by atoms with Gasteiger partial charge >= 0.3 is 0 Å². The lowest BCUT2D eigenvalue weighted by Gasteiger charge is -2.35. The molecular formula is C26H37N5O3. The summed E-state index contributed by atoms with van der Waals surface area (Å²) in [7, 11) is 4.89. The minimum absolute atomic E-state index is 0.0199. The van der Waals surface area contributed by atoms with Gasteiger partial charge < -0.3 is 14.2 Å². The molecule has 1 atom stereocenters. The molecule has 0 aliphatic rings. The third-order valence-electron chi connectivity index (χ3n) is 5.76. The van der Waals surface area contributed by atoms with Gasteiger partial charge in [-0.15, -0.1) is 5.10 Å². The monoisotopic (exact) mass is 467 g/mol. The van der Waals surface area contributed by atoms with Gasteiger partial charge in [-0.25, -0.2) is 4.68 Å². The molecule has 8 nitrogen and oxygen atoms in total. The molecule has 0 bridgehead atoms. The fraction of sp³-hybridized carbons (Fsp3) is 0.500. The van der Waals surface area contributed by atoms with Crippen molar-refractivity contribution in [3.8, 4) is 17.2 Å². The first-order valence-corrected chi connectivity index (χ1v) is 11.5. The molecule has 0 N–H and O–H groups in total. The van der Waals surface area contributed by atoms with E-state index in [1.807, 2.05) is 22.9 Å². The third-order valence-corrected chi connectivity index (χ3v) is 5.76. The van der Waals surface area contributed by atoms with Gasteiger partial charge in [-0.2, -0.15) is 0 Å². The zero-order valence-electron chi connectivity index (χ0n) is 21.6. The van der Waals surface area contributed by atoms with Crippen molar-refractivity contribution in [2.45, 2.75) is 59.3 Å². The normalized spacial score (nSPS) is 12.8. The number of nitrogens with zero attached hydrogens (tertiary/aromatic N) is 5. The smallest absolute Gasteiger partial charge is 0.203 e. The van der Waals surface area contributed by atoms with Crippen molar-refractivity contribution in [3.05, 3.63) is 59.4 Å². The van der Waals surface area contributed by atoms with Crippen LogP contribution in [0, 0.1) is 5.92 Å². The fourth-order valence-electron chi connectivity index (χ4n) is 4.27. The van der Waals surface area contributed by atoms with Crippen LogP contribution in [0.25, 0.3) is 0 Å². The van der Waals surface area contributed by atoms with E-state index in [0.717, 1.165) is 17.9 Å². The number of hydrogen-bond donors (Lipinski definition) is 0. The van der Waals surface area contributed by atoms with E-state index in [0.29, 0.717) is 23.8 Å². The van der Waals surface area contributed by atoms with E-state index < -0.39 is 0 Å². The number of tetrazole rings is 1. The van der Waals surface area contributed by atoms with Crippen LogP contribution < -0.4 is 14.2 Å². The molecule has 0 fully saturated rings. The number of methoxy groups -OCH3 is 3. The second-order valence-corrected chi connectivity index (χ2v) is 9.73. The SMILES string of the molecule is COc1cc(CN(Cc2ccccc2)C(c2nnnn2C(C)(C)C)C(C)C)cc(OC)c1OC. The minimum atomic E-state index is -0.239. The molecule has 0 aliphatic carbocycles. The Hall–Kier alpha value is -3.13. The van der Waals surface area contributed by atoms with E-state index in [1.54, 1.807) is 21.3 Å². The first-order valence-electron chi connectivity index (χ1n) is 11.5. The van der Waals surface area contributed by atoms with Gasteiger partial charge in [0, 0.05) is 13.1 Å². The molecule has 0 saturated heterocycles. The Morgan fingerprint density at radius 1 is 0.882 bits per heavy atom. The lowest BCUT2D eigenvalue weighted by molar-refractivity contribution is 0.120. The Kier molecular flexibility index (Phi) is 8.15. The van der Waals surface area contributed by atoms with E-state index in [2.05, 4.69) is 79.3 Å². The zero-order valence-corrected chi connectivity index (χ0v) is 21.6. The average Bonchev–Trinajstić information content (AvgIpc) is 3.28. The van der Waals surface area contributed by atoms with Gasteiger partial charge in [-0.05, 0) is 60.4 Å². The Morgan fingerprint density at radius 3 is 1.97 bits per heavy atom. The number of benzene rings is 2. The van der Waals surface area contributed by atoms with Gasteiger partial charge in [0.05, 0.1) is 32.9 Å². The maximum atomic E-state index is 5.60. The van der Waals surface area contributed by atoms with Gasteiger partial charge in [0.2, 0.25) is 5.75 Å².